The first-order chi connectivity index (χ1) is 17.5. The largest absolute Gasteiger partial charge is 0.497 e. The van der Waals surface area contributed by atoms with E-state index in [0.29, 0.717) is 29.4 Å². The second kappa shape index (κ2) is 8.84. The standard InChI is InChI=1S/C26H22F4N4O3/c1-14-3-4-17(33-24(36)15-5-6-31-20(10-15)25(2,27)28)11-18(14)16-9-19-22(32-12-16)23(35)26(29,30)21-13-37-8-7-34(19)21/h3-6,9-13,23,35H,7-8H2,1-2H3,(H,33,36)/t23-/m1/s1. The highest BCUT2D eigenvalue weighted by atomic mass is 19.3. The molecule has 1 atom stereocenters. The van der Waals surface area contributed by atoms with E-state index in [0.717, 1.165) is 24.1 Å². The predicted octanol–water partition coefficient (Wildman–Crippen LogP) is 5.18. The average Bonchev–Trinajstić information content (AvgIpc) is 2.88. The van der Waals surface area contributed by atoms with E-state index in [4.69, 9.17) is 4.74 Å². The van der Waals surface area contributed by atoms with Crippen LogP contribution in [0.1, 0.15) is 40.3 Å². The number of aromatic nitrogens is 2. The molecule has 5 rings (SSSR count). The number of amides is 1. The van der Waals surface area contributed by atoms with Crippen LogP contribution in [0.2, 0.25) is 0 Å². The molecule has 0 fully saturated rings. The van der Waals surface area contributed by atoms with Crippen LogP contribution in [-0.2, 0) is 10.7 Å². The van der Waals surface area contributed by atoms with E-state index in [1.54, 1.807) is 24.3 Å². The van der Waals surface area contributed by atoms with Crippen molar-refractivity contribution >= 4 is 17.3 Å². The highest BCUT2D eigenvalue weighted by molar-refractivity contribution is 6.04. The number of aryl methyl sites for hydroxylation is 1. The third kappa shape index (κ3) is 4.39. The minimum absolute atomic E-state index is 0.0191. The lowest BCUT2D eigenvalue weighted by atomic mass is 9.94. The smallest absolute Gasteiger partial charge is 0.321 e. The summed E-state index contributed by atoms with van der Waals surface area (Å²) in [6.45, 7) is 2.89. The minimum atomic E-state index is -3.56. The molecule has 2 N–H and O–H groups in total. The number of benzene rings is 1. The number of aliphatic hydroxyl groups excluding tert-OH is 1. The number of hydrogen-bond donors (Lipinski definition) is 2. The van der Waals surface area contributed by atoms with Crippen LogP contribution in [0, 0.1) is 6.92 Å². The molecule has 0 spiro atoms. The van der Waals surface area contributed by atoms with Crippen molar-refractivity contribution in [2.45, 2.75) is 31.8 Å². The van der Waals surface area contributed by atoms with E-state index < -0.39 is 35.2 Å². The lowest BCUT2D eigenvalue weighted by Gasteiger charge is -2.41. The first-order valence-electron chi connectivity index (χ1n) is 11.4. The molecule has 2 aliphatic heterocycles. The second-order valence-corrected chi connectivity index (χ2v) is 8.98. The lowest BCUT2D eigenvalue weighted by molar-refractivity contribution is -0.0916. The maximum atomic E-state index is 14.7. The summed E-state index contributed by atoms with van der Waals surface area (Å²) in [7, 11) is 0. The molecule has 0 unspecified atom stereocenters. The number of pyridine rings is 2. The SMILES string of the molecule is Cc1ccc(NC(=O)c2ccnc(C(C)(F)F)c2)cc1-c1cnc2c(c1)N1CCOC=C1C(F)(F)[C@@H]2O. The first-order valence-corrected chi connectivity index (χ1v) is 11.4. The van der Waals surface area contributed by atoms with Gasteiger partial charge in [0.2, 0.25) is 0 Å². The maximum Gasteiger partial charge on any atom is 0.321 e. The highest BCUT2D eigenvalue weighted by Gasteiger charge is 2.53. The van der Waals surface area contributed by atoms with Crippen LogP contribution in [0.5, 0.6) is 0 Å². The summed E-state index contributed by atoms with van der Waals surface area (Å²) in [5.41, 5.74) is 1.70. The highest BCUT2D eigenvalue weighted by Crippen LogP contribution is 2.49. The molecule has 11 heteroatoms. The molecule has 37 heavy (non-hydrogen) atoms. The fourth-order valence-electron chi connectivity index (χ4n) is 4.35. The van der Waals surface area contributed by atoms with Crippen LogP contribution < -0.4 is 10.2 Å². The van der Waals surface area contributed by atoms with Crippen LogP contribution in [0.15, 0.2) is 60.8 Å². The van der Waals surface area contributed by atoms with Crippen molar-refractivity contribution in [3.8, 4) is 11.1 Å². The normalized spacial score (nSPS) is 18.3. The van der Waals surface area contributed by atoms with Gasteiger partial charge in [0.05, 0.1) is 17.9 Å². The van der Waals surface area contributed by atoms with Crippen molar-refractivity contribution in [2.24, 2.45) is 0 Å². The fraction of sp³-hybridized carbons (Fsp3) is 0.269. The molecule has 3 aromatic rings. The number of fused-ring (bicyclic) bond motifs is 3. The van der Waals surface area contributed by atoms with Crippen molar-refractivity contribution in [3.05, 3.63) is 83.3 Å². The Kier molecular flexibility index (Phi) is 5.90. The number of nitrogens with one attached hydrogen (secondary N) is 1. The van der Waals surface area contributed by atoms with Gasteiger partial charge in [-0.15, -0.1) is 0 Å². The number of anilines is 2. The van der Waals surface area contributed by atoms with Crippen molar-refractivity contribution < 1.29 is 32.2 Å². The van der Waals surface area contributed by atoms with Crippen molar-refractivity contribution in [3.63, 3.8) is 0 Å². The molecule has 0 radical (unpaired) electrons. The third-order valence-corrected chi connectivity index (χ3v) is 6.33. The molecule has 0 saturated heterocycles. The molecule has 4 heterocycles. The maximum absolute atomic E-state index is 14.7. The third-order valence-electron chi connectivity index (χ3n) is 6.33. The zero-order valence-electron chi connectivity index (χ0n) is 19.8. The van der Waals surface area contributed by atoms with Gasteiger partial charge in [0, 0.05) is 36.1 Å². The molecule has 0 bridgehead atoms. The fourth-order valence-corrected chi connectivity index (χ4v) is 4.35. The molecule has 192 valence electrons. The molecular weight excluding hydrogens is 492 g/mol. The Morgan fingerprint density at radius 1 is 1.22 bits per heavy atom. The molecule has 1 amide bonds. The Bertz CT molecular complexity index is 1420. The number of aliphatic hydroxyl groups is 1. The molecular formula is C26H22F4N4O3. The Labute approximate surface area is 209 Å². The number of alkyl halides is 4. The quantitative estimate of drug-likeness (QED) is 0.467. The van der Waals surface area contributed by atoms with Gasteiger partial charge in [0.1, 0.15) is 24.3 Å². The van der Waals surface area contributed by atoms with Crippen molar-refractivity contribution in [1.29, 1.82) is 0 Å². The number of ether oxygens (including phenoxy) is 1. The minimum Gasteiger partial charge on any atom is -0.497 e. The van der Waals surface area contributed by atoms with Gasteiger partial charge in [-0.05, 0) is 48.4 Å². The van der Waals surface area contributed by atoms with Crippen LogP contribution in [-0.4, -0.2) is 40.1 Å². The average molecular weight is 514 g/mol. The van der Waals surface area contributed by atoms with Crippen molar-refractivity contribution in [1.82, 2.24) is 9.97 Å². The van der Waals surface area contributed by atoms with Gasteiger partial charge < -0.3 is 20.1 Å². The second-order valence-electron chi connectivity index (χ2n) is 8.98. The number of halogens is 4. The van der Waals surface area contributed by atoms with E-state index in [1.807, 2.05) is 6.92 Å². The van der Waals surface area contributed by atoms with Crippen LogP contribution in [0.4, 0.5) is 28.9 Å². The van der Waals surface area contributed by atoms with Gasteiger partial charge in [-0.2, -0.15) is 17.6 Å². The number of carbonyl (C=O) groups is 1. The molecule has 1 aromatic carbocycles. The number of hydrogen-bond acceptors (Lipinski definition) is 6. The summed E-state index contributed by atoms with van der Waals surface area (Å²) in [5.74, 6) is -7.35. The van der Waals surface area contributed by atoms with E-state index in [1.165, 1.54) is 17.2 Å². The van der Waals surface area contributed by atoms with Crippen molar-refractivity contribution in [2.75, 3.05) is 23.4 Å². The number of rotatable bonds is 4. The summed E-state index contributed by atoms with van der Waals surface area (Å²) in [4.78, 5) is 21.9. The van der Waals surface area contributed by atoms with E-state index in [2.05, 4.69) is 15.3 Å². The predicted molar refractivity (Wildman–Crippen MR) is 127 cm³/mol. The van der Waals surface area contributed by atoms with Crippen LogP contribution >= 0.6 is 0 Å². The van der Waals surface area contributed by atoms with Gasteiger partial charge in [-0.1, -0.05) is 6.07 Å². The summed E-state index contributed by atoms with van der Waals surface area (Å²) in [5, 5.41) is 13.0. The van der Waals surface area contributed by atoms with Gasteiger partial charge in [0.25, 0.3) is 11.8 Å². The number of nitrogens with zero attached hydrogens (tertiary/aromatic N) is 3. The summed E-state index contributed by atoms with van der Waals surface area (Å²) in [6, 6.07) is 9.12. The van der Waals surface area contributed by atoms with E-state index in [-0.39, 0.29) is 24.4 Å². The molecule has 2 aliphatic rings. The Morgan fingerprint density at radius 2 is 2.00 bits per heavy atom. The molecule has 7 nitrogen and oxygen atoms in total. The van der Waals surface area contributed by atoms with Gasteiger partial charge in [-0.25, -0.2) is 0 Å². The Hall–Kier alpha value is -3.99. The zero-order chi connectivity index (χ0) is 26.5. The monoisotopic (exact) mass is 514 g/mol. The zero-order valence-corrected chi connectivity index (χ0v) is 19.8. The first kappa shape index (κ1) is 24.7. The van der Waals surface area contributed by atoms with Gasteiger partial charge >= 0.3 is 5.92 Å². The topological polar surface area (TPSA) is 87.6 Å². The van der Waals surface area contributed by atoms with E-state index in [9.17, 15) is 27.5 Å². The summed E-state index contributed by atoms with van der Waals surface area (Å²) >= 11 is 0. The Balaban J connectivity index is 1.48. The van der Waals surface area contributed by atoms with E-state index >= 15 is 0 Å². The van der Waals surface area contributed by atoms with Crippen LogP contribution in [0.3, 0.4) is 0 Å². The molecule has 0 saturated carbocycles. The Morgan fingerprint density at radius 3 is 2.76 bits per heavy atom. The number of carbonyl (C=O) groups excluding carboxylic acids is 1. The summed E-state index contributed by atoms with van der Waals surface area (Å²) in [6.07, 6.45) is 1.36. The molecule has 2 aromatic heterocycles. The lowest BCUT2D eigenvalue weighted by Crippen LogP contribution is -2.47. The summed E-state index contributed by atoms with van der Waals surface area (Å²) < 4.78 is 61.8. The van der Waals surface area contributed by atoms with Gasteiger partial charge in [0.15, 0.2) is 6.10 Å². The van der Waals surface area contributed by atoms with Gasteiger partial charge in [-0.3, -0.25) is 14.8 Å². The van der Waals surface area contributed by atoms with Crippen LogP contribution in [0.25, 0.3) is 11.1 Å². The molecule has 0 aliphatic carbocycles.